The van der Waals surface area contributed by atoms with E-state index in [1.807, 2.05) is 0 Å². The molecule has 3 nitrogen and oxygen atoms in total. The molecule has 5 heavy (non-hydrogen) atoms. The Morgan fingerprint density at radius 1 is 1.40 bits per heavy atom. The molecule has 34 valence electrons. The van der Waals surface area contributed by atoms with Crippen LogP contribution in [0.15, 0.2) is 0 Å². The van der Waals surface area contributed by atoms with Gasteiger partial charge in [-0.3, -0.25) is 4.70 Å². The van der Waals surface area contributed by atoms with E-state index in [2.05, 4.69) is 0 Å². The lowest BCUT2D eigenvalue weighted by Gasteiger charge is -1.69. The lowest BCUT2D eigenvalue weighted by Crippen LogP contribution is -2.30. The number of rotatable bonds is 0. The van der Waals surface area contributed by atoms with Crippen LogP contribution in [0.2, 0.25) is 0 Å². The molecule has 0 aliphatic heterocycles. The highest BCUT2D eigenvalue weighted by Gasteiger charge is 1.86. The SMILES string of the molecule is F.[O-][Br+2]([O-])O. The van der Waals surface area contributed by atoms with Gasteiger partial charge in [-0.15, -0.1) is 0 Å². The first-order valence-electron chi connectivity index (χ1n) is 0.478. The highest BCUT2D eigenvalue weighted by atomic mass is 80.0. The van der Waals surface area contributed by atoms with Crippen LogP contribution in [0.5, 0.6) is 0 Å². The molecule has 0 saturated carbocycles. The maximum absolute atomic E-state index is 8.63. The summed E-state index contributed by atoms with van der Waals surface area (Å²) in [5.74, 6) is 0. The van der Waals surface area contributed by atoms with E-state index in [0.717, 1.165) is 0 Å². The molecule has 0 spiro atoms. The van der Waals surface area contributed by atoms with Crippen LogP contribution in [0.25, 0.3) is 0 Å². The molecule has 0 atom stereocenters. The Hall–Kier alpha value is 0.290. The topological polar surface area (TPSA) is 66.3 Å². The van der Waals surface area contributed by atoms with Gasteiger partial charge in [-0.05, 0) is 4.20 Å². The molecule has 0 fully saturated rings. The zero-order valence-corrected chi connectivity index (χ0v) is 3.64. The van der Waals surface area contributed by atoms with Crippen LogP contribution >= 0.6 is 0 Å². The molecule has 0 unspecified atom stereocenters. The van der Waals surface area contributed by atoms with Gasteiger partial charge in [0.25, 0.3) is 0 Å². The van der Waals surface area contributed by atoms with Crippen molar-refractivity contribution in [3.05, 3.63) is 0 Å². The maximum atomic E-state index is 8.63. The van der Waals surface area contributed by atoms with Gasteiger partial charge >= 0.3 is 14.8 Å². The van der Waals surface area contributed by atoms with Gasteiger partial charge in [-0.25, -0.2) is 0 Å². The predicted molar refractivity (Wildman–Crippen MR) is 4.72 cm³/mol. The van der Waals surface area contributed by atoms with E-state index in [1.165, 1.54) is 0 Å². The average Bonchev–Trinajstić information content (AvgIpc) is 0.811. The zero-order chi connectivity index (χ0) is 3.58. The molecule has 0 bridgehead atoms. The molecule has 1 N–H and O–H groups in total. The first-order valence-corrected chi connectivity index (χ1v) is 2.48. The van der Waals surface area contributed by atoms with Gasteiger partial charge < -0.3 is 8.40 Å². The fourth-order valence-corrected chi connectivity index (χ4v) is 0. The Bertz CT molecular complexity index is 11.6. The summed E-state index contributed by atoms with van der Waals surface area (Å²) in [5.41, 5.74) is 0. The lowest BCUT2D eigenvalue weighted by molar-refractivity contribution is -1.63. The Morgan fingerprint density at radius 2 is 1.40 bits per heavy atom. The summed E-state index contributed by atoms with van der Waals surface area (Å²) in [6.07, 6.45) is 0. The largest absolute Gasteiger partial charge is 0.433 e. The quantitative estimate of drug-likeness (QED) is 0.405. The van der Waals surface area contributed by atoms with Crippen molar-refractivity contribution in [3.8, 4) is 0 Å². The van der Waals surface area contributed by atoms with Gasteiger partial charge in [0.2, 0.25) is 0 Å². The summed E-state index contributed by atoms with van der Waals surface area (Å²) in [4.78, 5) is 0. The fraction of sp³-hybridized carbons (Fsp3) is 0. The van der Waals surface area contributed by atoms with Crippen molar-refractivity contribution in [3.63, 3.8) is 0 Å². The first kappa shape index (κ1) is 8.99. The van der Waals surface area contributed by atoms with Gasteiger partial charge in [0.1, 0.15) is 0 Å². The second-order valence-corrected chi connectivity index (χ2v) is 1.04. The highest BCUT2D eigenvalue weighted by Crippen LogP contribution is 1.38. The first-order chi connectivity index (χ1) is 1.73. The van der Waals surface area contributed by atoms with Crippen LogP contribution in [-0.2, 0) is 0 Å². The van der Waals surface area contributed by atoms with Crippen molar-refractivity contribution < 1.29 is 32.1 Å². The minimum absolute atomic E-state index is 0. The van der Waals surface area contributed by atoms with Crippen molar-refractivity contribution in [1.29, 1.82) is 0 Å². The van der Waals surface area contributed by atoms with E-state index < -0.39 is 14.8 Å². The normalized spacial score (nSPS) is 7.20. The molecule has 0 amide bonds. The molecule has 0 saturated heterocycles. The summed E-state index contributed by atoms with van der Waals surface area (Å²) >= 11 is -3.40. The van der Waals surface area contributed by atoms with Crippen molar-refractivity contribution in [1.82, 2.24) is 0 Å². The standard InChI is InChI=1S/BrHO3.FH/c2-1(3)4;/h2H;1H. The molecular weight excluding hydrogens is 147 g/mol. The van der Waals surface area contributed by atoms with Crippen molar-refractivity contribution in [2.45, 2.75) is 0 Å². The summed E-state index contributed by atoms with van der Waals surface area (Å²) in [6, 6.07) is 0. The molecule has 5 heteroatoms. The zero-order valence-electron chi connectivity index (χ0n) is 2.05. The van der Waals surface area contributed by atoms with Gasteiger partial charge in [-0.2, -0.15) is 0 Å². The number of hydrogen-bond acceptors (Lipinski definition) is 3. The van der Waals surface area contributed by atoms with Crippen LogP contribution in [0.1, 0.15) is 0 Å². The Balaban J connectivity index is 0. The van der Waals surface area contributed by atoms with E-state index in [1.54, 1.807) is 0 Å². The summed E-state index contributed by atoms with van der Waals surface area (Å²) in [7, 11) is 0. The number of halogens is 2. The smallest absolute Gasteiger partial charge is 0.372 e. The molecule has 0 heterocycles. The van der Waals surface area contributed by atoms with Crippen LogP contribution < -0.4 is 8.40 Å². The van der Waals surface area contributed by atoms with Gasteiger partial charge in [-0.1, -0.05) is 0 Å². The molecule has 0 rings (SSSR count). The van der Waals surface area contributed by atoms with Crippen molar-refractivity contribution in [2.75, 3.05) is 0 Å². The van der Waals surface area contributed by atoms with Gasteiger partial charge in [0, 0.05) is 0 Å². The van der Waals surface area contributed by atoms with Crippen LogP contribution in [-0.4, -0.2) is 4.20 Å². The van der Waals surface area contributed by atoms with E-state index >= 15 is 0 Å². The van der Waals surface area contributed by atoms with Crippen molar-refractivity contribution >= 4 is 0 Å². The average molecular weight is 149 g/mol. The predicted octanol–water partition coefficient (Wildman–Crippen LogP) is -2.78. The second kappa shape index (κ2) is 4.29. The minimum atomic E-state index is -3.40. The monoisotopic (exact) mass is 148 g/mol. The molecular formula is H2BrFO3. The van der Waals surface area contributed by atoms with Crippen LogP contribution in [0.3, 0.4) is 0 Å². The maximum Gasteiger partial charge on any atom is 0.433 e. The second-order valence-electron chi connectivity index (χ2n) is 0.201. The van der Waals surface area contributed by atoms with E-state index in [-0.39, 0.29) is 4.70 Å². The molecule has 0 aromatic heterocycles. The van der Waals surface area contributed by atoms with Gasteiger partial charge in [0.05, 0.1) is 0 Å². The molecule has 0 aliphatic rings. The van der Waals surface area contributed by atoms with Gasteiger partial charge in [0.15, 0.2) is 0 Å². The Labute approximate surface area is 33.0 Å². The summed E-state index contributed by atoms with van der Waals surface area (Å²) < 4.78 is 24.3. The number of hydrogen-bond donors (Lipinski definition) is 1. The third-order valence-corrected chi connectivity index (χ3v) is 0. The van der Waals surface area contributed by atoms with Crippen molar-refractivity contribution in [2.24, 2.45) is 0 Å². The molecule has 0 aromatic carbocycles. The van der Waals surface area contributed by atoms with E-state index in [0.29, 0.717) is 0 Å². The Kier molecular flexibility index (Phi) is 7.72. The third-order valence-electron chi connectivity index (χ3n) is 0. The van der Waals surface area contributed by atoms with Crippen LogP contribution in [0.4, 0.5) is 4.70 Å². The fourth-order valence-electron chi connectivity index (χ4n) is 0. The summed E-state index contributed by atoms with van der Waals surface area (Å²) in [5, 5.41) is 0. The minimum Gasteiger partial charge on any atom is -0.372 e. The summed E-state index contributed by atoms with van der Waals surface area (Å²) in [6.45, 7) is 0. The molecule has 0 aliphatic carbocycles. The van der Waals surface area contributed by atoms with Crippen LogP contribution in [0, 0.1) is 14.8 Å². The molecule has 0 radical (unpaired) electrons. The van der Waals surface area contributed by atoms with E-state index in [4.69, 9.17) is 12.6 Å². The lowest BCUT2D eigenvalue weighted by atomic mass is 16.0. The Morgan fingerprint density at radius 3 is 1.40 bits per heavy atom. The highest BCUT2D eigenvalue weighted by molar-refractivity contribution is 1.94. The van der Waals surface area contributed by atoms with E-state index in [9.17, 15) is 0 Å². The third kappa shape index (κ3) is 268. The molecule has 0 aromatic rings.